The molecular weight excluding hydrogens is 254 g/mol. The molecule has 0 spiro atoms. The summed E-state index contributed by atoms with van der Waals surface area (Å²) in [7, 11) is 1.62. The fraction of sp³-hybridized carbons (Fsp3) is 0.562. The highest BCUT2D eigenvalue weighted by atomic mass is 16.5. The summed E-state index contributed by atoms with van der Waals surface area (Å²) in [6, 6.07) is 7.44. The molecule has 0 saturated carbocycles. The largest absolute Gasteiger partial charge is 0.497 e. The number of hydrogen-bond donors (Lipinski definition) is 1. The molecule has 0 unspecified atom stereocenters. The van der Waals surface area contributed by atoms with Gasteiger partial charge >= 0.3 is 0 Å². The SMILES string of the molecule is CCC[C@H](C)NC(=O)[C@@H](CC)Oc1ccc(OC)cc1. The Bertz CT molecular complexity index is 403. The van der Waals surface area contributed by atoms with Gasteiger partial charge in [-0.25, -0.2) is 0 Å². The minimum absolute atomic E-state index is 0.0516. The van der Waals surface area contributed by atoms with Gasteiger partial charge in [0.05, 0.1) is 7.11 Å². The number of rotatable bonds is 8. The third kappa shape index (κ3) is 5.11. The van der Waals surface area contributed by atoms with Crippen molar-refractivity contribution in [3.63, 3.8) is 0 Å². The highest BCUT2D eigenvalue weighted by Crippen LogP contribution is 2.19. The van der Waals surface area contributed by atoms with Gasteiger partial charge in [0.25, 0.3) is 5.91 Å². The lowest BCUT2D eigenvalue weighted by atomic mass is 10.1. The molecule has 1 N–H and O–H groups in total. The Morgan fingerprint density at radius 3 is 2.30 bits per heavy atom. The molecule has 4 nitrogen and oxygen atoms in total. The van der Waals surface area contributed by atoms with E-state index in [0.29, 0.717) is 12.2 Å². The lowest BCUT2D eigenvalue weighted by Gasteiger charge is -2.20. The zero-order chi connectivity index (χ0) is 15.0. The highest BCUT2D eigenvalue weighted by molar-refractivity contribution is 5.81. The van der Waals surface area contributed by atoms with Crippen molar-refractivity contribution in [2.45, 2.75) is 52.2 Å². The average molecular weight is 279 g/mol. The van der Waals surface area contributed by atoms with Crippen molar-refractivity contribution in [3.8, 4) is 11.5 Å². The molecule has 0 aliphatic carbocycles. The van der Waals surface area contributed by atoms with E-state index in [2.05, 4.69) is 12.2 Å². The van der Waals surface area contributed by atoms with Gasteiger partial charge in [-0.1, -0.05) is 20.3 Å². The summed E-state index contributed by atoms with van der Waals surface area (Å²) in [6.07, 6.45) is 2.21. The molecular formula is C16H25NO3. The smallest absolute Gasteiger partial charge is 0.261 e. The Kier molecular flexibility index (Phi) is 6.91. The number of carbonyl (C=O) groups excluding carboxylic acids is 1. The zero-order valence-corrected chi connectivity index (χ0v) is 12.8. The maximum Gasteiger partial charge on any atom is 0.261 e. The third-order valence-corrected chi connectivity index (χ3v) is 3.11. The molecule has 4 heteroatoms. The van der Waals surface area contributed by atoms with Crippen LogP contribution in [0.25, 0.3) is 0 Å². The second kappa shape index (κ2) is 8.46. The monoisotopic (exact) mass is 279 g/mol. The van der Waals surface area contributed by atoms with Crippen LogP contribution in [0.1, 0.15) is 40.0 Å². The Labute approximate surface area is 121 Å². The standard InChI is InChI=1S/C16H25NO3/c1-5-7-12(3)17-16(18)15(6-2)20-14-10-8-13(19-4)9-11-14/h8-12,15H,5-7H2,1-4H3,(H,17,18)/t12-,15+/m0/s1. The number of ether oxygens (including phenoxy) is 2. The van der Waals surface area contributed by atoms with Crippen molar-refractivity contribution in [3.05, 3.63) is 24.3 Å². The van der Waals surface area contributed by atoms with Crippen LogP contribution in [0, 0.1) is 0 Å². The van der Waals surface area contributed by atoms with Gasteiger partial charge in [-0.05, 0) is 44.0 Å². The number of carbonyl (C=O) groups is 1. The second-order valence-electron chi connectivity index (χ2n) is 4.89. The van der Waals surface area contributed by atoms with Crippen LogP contribution >= 0.6 is 0 Å². The van der Waals surface area contributed by atoms with Crippen molar-refractivity contribution in [1.82, 2.24) is 5.32 Å². The van der Waals surface area contributed by atoms with Crippen molar-refractivity contribution < 1.29 is 14.3 Å². The minimum Gasteiger partial charge on any atom is -0.497 e. The van der Waals surface area contributed by atoms with Gasteiger partial charge in [-0.15, -0.1) is 0 Å². The fourth-order valence-corrected chi connectivity index (χ4v) is 1.98. The molecule has 0 saturated heterocycles. The Morgan fingerprint density at radius 1 is 1.20 bits per heavy atom. The molecule has 0 bridgehead atoms. The summed E-state index contributed by atoms with van der Waals surface area (Å²) in [5.41, 5.74) is 0. The van der Waals surface area contributed by atoms with Gasteiger partial charge in [0, 0.05) is 6.04 Å². The summed E-state index contributed by atoms with van der Waals surface area (Å²) >= 11 is 0. The lowest BCUT2D eigenvalue weighted by molar-refractivity contribution is -0.128. The number of nitrogens with one attached hydrogen (secondary N) is 1. The number of hydrogen-bond acceptors (Lipinski definition) is 3. The summed E-state index contributed by atoms with van der Waals surface area (Å²) in [6.45, 7) is 6.06. The second-order valence-corrected chi connectivity index (χ2v) is 4.89. The van der Waals surface area contributed by atoms with Crippen LogP contribution in [0.15, 0.2) is 24.3 Å². The topological polar surface area (TPSA) is 47.6 Å². The maximum atomic E-state index is 12.1. The molecule has 1 aromatic rings. The molecule has 0 aliphatic rings. The Morgan fingerprint density at radius 2 is 1.80 bits per heavy atom. The van der Waals surface area contributed by atoms with E-state index in [0.717, 1.165) is 18.6 Å². The molecule has 2 atom stereocenters. The van der Waals surface area contributed by atoms with Crippen LogP contribution < -0.4 is 14.8 Å². The molecule has 20 heavy (non-hydrogen) atoms. The Balaban J connectivity index is 2.58. The molecule has 0 fully saturated rings. The number of benzene rings is 1. The molecule has 1 rings (SSSR count). The van der Waals surface area contributed by atoms with E-state index in [9.17, 15) is 4.79 Å². The first-order valence-electron chi connectivity index (χ1n) is 7.21. The van der Waals surface area contributed by atoms with Crippen molar-refractivity contribution >= 4 is 5.91 Å². The van der Waals surface area contributed by atoms with E-state index in [4.69, 9.17) is 9.47 Å². The van der Waals surface area contributed by atoms with Crippen LogP contribution in [0.5, 0.6) is 11.5 Å². The van der Waals surface area contributed by atoms with E-state index in [-0.39, 0.29) is 11.9 Å². The van der Waals surface area contributed by atoms with Gasteiger partial charge in [0.15, 0.2) is 6.10 Å². The normalized spacial score (nSPS) is 13.4. The van der Waals surface area contributed by atoms with Crippen LogP contribution in [0.4, 0.5) is 0 Å². The van der Waals surface area contributed by atoms with E-state index >= 15 is 0 Å². The molecule has 0 radical (unpaired) electrons. The molecule has 0 heterocycles. The quantitative estimate of drug-likeness (QED) is 0.795. The van der Waals surface area contributed by atoms with Gasteiger partial charge in [0.1, 0.15) is 11.5 Å². The van der Waals surface area contributed by atoms with Crippen molar-refractivity contribution in [2.24, 2.45) is 0 Å². The van der Waals surface area contributed by atoms with Crippen LogP contribution in [-0.4, -0.2) is 25.2 Å². The summed E-state index contributed by atoms with van der Waals surface area (Å²) in [5, 5.41) is 2.99. The van der Waals surface area contributed by atoms with Gasteiger partial charge < -0.3 is 14.8 Å². The maximum absolute atomic E-state index is 12.1. The molecule has 0 aromatic heterocycles. The zero-order valence-electron chi connectivity index (χ0n) is 12.8. The summed E-state index contributed by atoms with van der Waals surface area (Å²) < 4.78 is 10.8. The van der Waals surface area contributed by atoms with Gasteiger partial charge in [0.2, 0.25) is 0 Å². The third-order valence-electron chi connectivity index (χ3n) is 3.11. The van der Waals surface area contributed by atoms with E-state index in [1.54, 1.807) is 7.11 Å². The minimum atomic E-state index is -0.456. The van der Waals surface area contributed by atoms with Crippen LogP contribution in [-0.2, 0) is 4.79 Å². The predicted molar refractivity (Wildman–Crippen MR) is 80.2 cm³/mol. The average Bonchev–Trinajstić information content (AvgIpc) is 2.45. The summed E-state index contributed by atoms with van der Waals surface area (Å²) in [5.74, 6) is 1.40. The van der Waals surface area contributed by atoms with Gasteiger partial charge in [-0.2, -0.15) is 0 Å². The first-order valence-corrected chi connectivity index (χ1v) is 7.21. The van der Waals surface area contributed by atoms with Crippen molar-refractivity contribution in [2.75, 3.05) is 7.11 Å². The highest BCUT2D eigenvalue weighted by Gasteiger charge is 2.19. The van der Waals surface area contributed by atoms with Crippen LogP contribution in [0.2, 0.25) is 0 Å². The number of methoxy groups -OCH3 is 1. The van der Waals surface area contributed by atoms with Crippen molar-refractivity contribution in [1.29, 1.82) is 0 Å². The van der Waals surface area contributed by atoms with E-state index in [1.807, 2.05) is 38.1 Å². The molecule has 112 valence electrons. The molecule has 1 aromatic carbocycles. The van der Waals surface area contributed by atoms with E-state index in [1.165, 1.54) is 0 Å². The summed E-state index contributed by atoms with van der Waals surface area (Å²) in [4.78, 5) is 12.1. The molecule has 1 amide bonds. The first-order chi connectivity index (χ1) is 9.60. The van der Waals surface area contributed by atoms with Gasteiger partial charge in [-0.3, -0.25) is 4.79 Å². The Hall–Kier alpha value is -1.71. The van der Waals surface area contributed by atoms with E-state index < -0.39 is 6.10 Å². The lowest BCUT2D eigenvalue weighted by Crippen LogP contribution is -2.42. The first kappa shape index (κ1) is 16.3. The number of amides is 1. The predicted octanol–water partition coefficient (Wildman–Crippen LogP) is 3.16. The van der Waals surface area contributed by atoms with Crippen LogP contribution in [0.3, 0.4) is 0 Å². The fourth-order valence-electron chi connectivity index (χ4n) is 1.98. The molecule has 0 aliphatic heterocycles.